The van der Waals surface area contributed by atoms with Crippen LogP contribution in [0.15, 0.2) is 42.5 Å². The lowest BCUT2D eigenvalue weighted by atomic mass is 9.87. The van der Waals surface area contributed by atoms with E-state index in [4.69, 9.17) is 10.5 Å². The van der Waals surface area contributed by atoms with Gasteiger partial charge < -0.3 is 15.4 Å². The minimum Gasteiger partial charge on any atom is -0.382 e. The Morgan fingerprint density at radius 2 is 1.87 bits per heavy atom. The van der Waals surface area contributed by atoms with Crippen LogP contribution >= 0.6 is 0 Å². The third kappa shape index (κ3) is 3.79. The maximum Gasteiger partial charge on any atom is 0.166 e. The zero-order chi connectivity index (χ0) is 21.4. The Bertz CT molecular complexity index is 1130. The summed E-state index contributed by atoms with van der Waals surface area (Å²) in [6, 6.07) is 14.4. The highest BCUT2D eigenvalue weighted by atomic mass is 16.5. The van der Waals surface area contributed by atoms with Gasteiger partial charge in [-0.25, -0.2) is 4.98 Å². The first-order valence-electron chi connectivity index (χ1n) is 11.3. The third-order valence-electron chi connectivity index (χ3n) is 6.73. The van der Waals surface area contributed by atoms with Crippen molar-refractivity contribution in [2.75, 3.05) is 36.9 Å². The van der Waals surface area contributed by atoms with Crippen molar-refractivity contribution in [2.24, 2.45) is 5.92 Å². The number of hydrogen-bond acceptors (Lipinski definition) is 5. The molecule has 160 valence electrons. The van der Waals surface area contributed by atoms with E-state index in [-0.39, 0.29) is 5.92 Å². The number of Topliss-reactive ketones (excluding diaryl/α,β-unsaturated/α-hetero) is 1. The summed E-state index contributed by atoms with van der Waals surface area (Å²) in [4.78, 5) is 20.2. The Morgan fingerprint density at radius 3 is 2.65 bits per heavy atom. The molecular weight excluding hydrogens is 386 g/mol. The van der Waals surface area contributed by atoms with Crippen molar-refractivity contribution in [2.45, 2.75) is 32.6 Å². The van der Waals surface area contributed by atoms with E-state index in [1.165, 1.54) is 0 Å². The van der Waals surface area contributed by atoms with Gasteiger partial charge in [0.05, 0.1) is 24.4 Å². The summed E-state index contributed by atoms with van der Waals surface area (Å²) in [7, 11) is 0. The molecule has 5 rings (SSSR count). The molecule has 1 aliphatic carbocycles. The number of benzene rings is 2. The number of anilines is 2. The Kier molecular flexibility index (Phi) is 5.36. The average Bonchev–Trinajstić information content (AvgIpc) is 3.33. The summed E-state index contributed by atoms with van der Waals surface area (Å²) in [5.74, 6) is 1.01. The molecule has 3 aromatic rings. The predicted molar refractivity (Wildman–Crippen MR) is 126 cm³/mol. The standard InChI is InChI=1S/C26H29N3O2/c1-17-5-4-8-21(25(30)18-6-2-3-7-18)24(17)19-9-10-22-20(15-19)16-23(26(27)28-22)29-11-13-31-14-12-29/h4-5,8-10,15-16,18H,2-3,6-7,11-14H2,1H3,(H2,27,28). The summed E-state index contributed by atoms with van der Waals surface area (Å²) < 4.78 is 5.48. The lowest BCUT2D eigenvalue weighted by molar-refractivity contribution is 0.0923. The molecule has 2 aromatic carbocycles. The summed E-state index contributed by atoms with van der Waals surface area (Å²) in [6.45, 7) is 5.12. The third-order valence-corrected chi connectivity index (χ3v) is 6.73. The fourth-order valence-electron chi connectivity index (χ4n) is 5.06. The monoisotopic (exact) mass is 415 g/mol. The number of ether oxygens (including phenoxy) is 1. The lowest BCUT2D eigenvalue weighted by Gasteiger charge is -2.29. The van der Waals surface area contributed by atoms with Crippen molar-refractivity contribution in [1.29, 1.82) is 0 Å². The van der Waals surface area contributed by atoms with Crippen LogP contribution in [0, 0.1) is 12.8 Å². The summed E-state index contributed by atoms with van der Waals surface area (Å²) >= 11 is 0. The molecule has 0 bridgehead atoms. The molecule has 0 radical (unpaired) electrons. The number of aromatic nitrogens is 1. The zero-order valence-corrected chi connectivity index (χ0v) is 18.1. The predicted octanol–water partition coefficient (Wildman–Crippen LogP) is 5.00. The van der Waals surface area contributed by atoms with Crippen LogP contribution in [0.5, 0.6) is 0 Å². The van der Waals surface area contributed by atoms with Gasteiger partial charge in [-0.05, 0) is 54.7 Å². The molecule has 1 aliphatic heterocycles. The number of ketones is 1. The maximum absolute atomic E-state index is 13.3. The van der Waals surface area contributed by atoms with Crippen LogP contribution in [0.1, 0.15) is 41.6 Å². The minimum absolute atomic E-state index is 0.162. The number of carbonyl (C=O) groups excluding carboxylic acids is 1. The highest BCUT2D eigenvalue weighted by molar-refractivity contribution is 6.05. The molecule has 0 amide bonds. The van der Waals surface area contributed by atoms with Crippen molar-refractivity contribution in [3.8, 4) is 11.1 Å². The number of aryl methyl sites for hydroxylation is 1. The van der Waals surface area contributed by atoms with Gasteiger partial charge >= 0.3 is 0 Å². The molecule has 2 N–H and O–H groups in total. The van der Waals surface area contributed by atoms with Crippen LogP contribution in [0.25, 0.3) is 22.0 Å². The number of nitrogens with two attached hydrogens (primary N) is 1. The van der Waals surface area contributed by atoms with Crippen LogP contribution in [0.4, 0.5) is 11.5 Å². The second-order valence-corrected chi connectivity index (χ2v) is 8.74. The number of nitrogens with zero attached hydrogens (tertiary/aromatic N) is 2. The molecular formula is C26H29N3O2. The van der Waals surface area contributed by atoms with Gasteiger partial charge in [0.15, 0.2) is 5.78 Å². The number of hydrogen-bond donors (Lipinski definition) is 1. The van der Waals surface area contributed by atoms with Crippen molar-refractivity contribution in [3.63, 3.8) is 0 Å². The van der Waals surface area contributed by atoms with E-state index in [9.17, 15) is 4.79 Å². The number of carbonyl (C=O) groups is 1. The molecule has 0 spiro atoms. The quantitative estimate of drug-likeness (QED) is 0.607. The number of morpholine rings is 1. The molecule has 1 saturated carbocycles. The van der Waals surface area contributed by atoms with Gasteiger partial charge in [-0.3, -0.25) is 4.79 Å². The number of nitrogen functional groups attached to an aromatic ring is 1. The highest BCUT2D eigenvalue weighted by Crippen LogP contribution is 2.36. The number of pyridine rings is 1. The molecule has 1 aromatic heterocycles. The Morgan fingerprint density at radius 1 is 1.10 bits per heavy atom. The number of fused-ring (bicyclic) bond motifs is 1. The summed E-state index contributed by atoms with van der Waals surface area (Å²) in [6.07, 6.45) is 4.34. The van der Waals surface area contributed by atoms with E-state index in [2.05, 4.69) is 41.1 Å². The SMILES string of the molecule is Cc1cccc(C(=O)C2CCCC2)c1-c1ccc2nc(N)c(N3CCOCC3)cc2c1. The van der Waals surface area contributed by atoms with E-state index in [1.54, 1.807) is 0 Å². The van der Waals surface area contributed by atoms with Gasteiger partial charge in [-0.1, -0.05) is 37.1 Å². The summed E-state index contributed by atoms with van der Waals surface area (Å²) in [5, 5.41) is 1.04. The van der Waals surface area contributed by atoms with E-state index in [0.717, 1.165) is 77.6 Å². The minimum atomic E-state index is 0.162. The second-order valence-electron chi connectivity index (χ2n) is 8.74. The molecule has 2 heterocycles. The number of rotatable bonds is 4. The van der Waals surface area contributed by atoms with Crippen LogP contribution in [0.3, 0.4) is 0 Å². The van der Waals surface area contributed by atoms with Crippen molar-refractivity contribution < 1.29 is 9.53 Å². The van der Waals surface area contributed by atoms with Crippen LogP contribution in [-0.4, -0.2) is 37.1 Å². The summed E-state index contributed by atoms with van der Waals surface area (Å²) in [5.41, 5.74) is 12.2. The fourth-order valence-corrected chi connectivity index (χ4v) is 5.06. The van der Waals surface area contributed by atoms with Crippen LogP contribution < -0.4 is 10.6 Å². The van der Waals surface area contributed by atoms with Crippen molar-refractivity contribution in [3.05, 3.63) is 53.6 Å². The van der Waals surface area contributed by atoms with Gasteiger partial charge in [-0.15, -0.1) is 0 Å². The molecule has 5 heteroatoms. The molecule has 2 aliphatic rings. The van der Waals surface area contributed by atoms with E-state index < -0.39 is 0 Å². The fraction of sp³-hybridized carbons (Fsp3) is 0.385. The van der Waals surface area contributed by atoms with Crippen LogP contribution in [-0.2, 0) is 4.74 Å². The smallest absolute Gasteiger partial charge is 0.166 e. The van der Waals surface area contributed by atoms with Gasteiger partial charge in [0.2, 0.25) is 0 Å². The first-order valence-corrected chi connectivity index (χ1v) is 11.3. The van der Waals surface area contributed by atoms with Gasteiger partial charge in [0.25, 0.3) is 0 Å². The Hall–Kier alpha value is -2.92. The molecule has 1 saturated heterocycles. The van der Waals surface area contributed by atoms with Gasteiger partial charge in [0, 0.05) is 30.0 Å². The highest BCUT2D eigenvalue weighted by Gasteiger charge is 2.26. The van der Waals surface area contributed by atoms with Crippen molar-refractivity contribution >= 4 is 28.2 Å². The normalized spacial score (nSPS) is 17.4. The van der Waals surface area contributed by atoms with Gasteiger partial charge in [-0.2, -0.15) is 0 Å². The second kappa shape index (κ2) is 8.31. The molecule has 2 fully saturated rings. The Labute approximate surface area is 183 Å². The lowest BCUT2D eigenvalue weighted by Crippen LogP contribution is -2.36. The molecule has 0 unspecified atom stereocenters. The Balaban J connectivity index is 1.59. The van der Waals surface area contributed by atoms with E-state index in [0.29, 0.717) is 24.8 Å². The van der Waals surface area contributed by atoms with Crippen LogP contribution in [0.2, 0.25) is 0 Å². The topological polar surface area (TPSA) is 68.5 Å². The van der Waals surface area contributed by atoms with E-state index >= 15 is 0 Å². The van der Waals surface area contributed by atoms with Crippen molar-refractivity contribution in [1.82, 2.24) is 4.98 Å². The first kappa shape index (κ1) is 20.0. The first-order chi connectivity index (χ1) is 15.1. The zero-order valence-electron chi connectivity index (χ0n) is 18.1. The van der Waals surface area contributed by atoms with Gasteiger partial charge in [0.1, 0.15) is 5.82 Å². The maximum atomic E-state index is 13.3. The molecule has 0 atom stereocenters. The molecule has 5 nitrogen and oxygen atoms in total. The van der Waals surface area contributed by atoms with E-state index in [1.807, 2.05) is 18.2 Å². The molecule has 31 heavy (non-hydrogen) atoms. The largest absolute Gasteiger partial charge is 0.382 e. The average molecular weight is 416 g/mol.